The summed E-state index contributed by atoms with van der Waals surface area (Å²) in [4.78, 5) is 36.3. The lowest BCUT2D eigenvalue weighted by Gasteiger charge is -2.28. The van der Waals surface area contributed by atoms with Gasteiger partial charge in [0.15, 0.2) is 0 Å². The summed E-state index contributed by atoms with van der Waals surface area (Å²) in [6, 6.07) is 0. The van der Waals surface area contributed by atoms with Crippen LogP contribution in [-0.2, 0) is 20.9 Å². The smallest absolute Gasteiger partial charge is 0.314 e. The molecule has 1 saturated heterocycles. The van der Waals surface area contributed by atoms with Crippen molar-refractivity contribution in [3.8, 4) is 0 Å². The first-order chi connectivity index (χ1) is 11.0. The minimum absolute atomic E-state index is 0.0990. The second kappa shape index (κ2) is 6.21. The number of hydrogen-bond acceptors (Lipinski definition) is 6. The molecular weight excluding hydrogens is 316 g/mol. The largest absolute Gasteiger partial charge is 0.459 e. The molecule has 2 heterocycles. The number of nitro groups is 1. The minimum atomic E-state index is -0.737. The van der Waals surface area contributed by atoms with E-state index in [0.717, 1.165) is 6.20 Å². The highest BCUT2D eigenvalue weighted by atomic mass is 16.6. The van der Waals surface area contributed by atoms with Crippen LogP contribution in [0, 0.1) is 15.5 Å². The Bertz CT molecular complexity index is 663. The van der Waals surface area contributed by atoms with Crippen molar-refractivity contribution < 1.29 is 19.2 Å². The van der Waals surface area contributed by atoms with Gasteiger partial charge >= 0.3 is 11.7 Å². The molecule has 0 unspecified atom stereocenters. The molecule has 0 saturated carbocycles. The van der Waals surface area contributed by atoms with Gasteiger partial charge in [-0.05, 0) is 34.1 Å². The van der Waals surface area contributed by atoms with Crippen LogP contribution in [0.1, 0.15) is 34.1 Å². The zero-order valence-corrected chi connectivity index (χ0v) is 14.3. The maximum Gasteiger partial charge on any atom is 0.314 e. The molecule has 1 fully saturated rings. The normalized spacial score (nSPS) is 20.9. The summed E-state index contributed by atoms with van der Waals surface area (Å²) in [7, 11) is 0. The Hall–Kier alpha value is -2.45. The predicted octanol–water partition coefficient (Wildman–Crippen LogP) is 1.37. The van der Waals surface area contributed by atoms with Crippen molar-refractivity contribution in [1.82, 2.24) is 14.7 Å². The van der Waals surface area contributed by atoms with E-state index in [1.807, 2.05) is 0 Å². The number of rotatable bonds is 4. The molecular formula is C15H22N4O5. The predicted molar refractivity (Wildman–Crippen MR) is 84.0 cm³/mol. The maximum atomic E-state index is 12.3. The average Bonchev–Trinajstić information content (AvgIpc) is 3.04. The monoisotopic (exact) mass is 338 g/mol. The van der Waals surface area contributed by atoms with E-state index in [1.54, 1.807) is 32.6 Å². The van der Waals surface area contributed by atoms with Crippen LogP contribution in [0.5, 0.6) is 0 Å². The third kappa shape index (κ3) is 4.09. The highest BCUT2D eigenvalue weighted by Gasteiger charge is 2.44. The van der Waals surface area contributed by atoms with Gasteiger partial charge in [0, 0.05) is 13.1 Å². The Labute approximate surface area is 139 Å². The minimum Gasteiger partial charge on any atom is -0.459 e. The Kier molecular flexibility index (Phi) is 4.63. The summed E-state index contributed by atoms with van der Waals surface area (Å²) in [6.45, 7) is 7.80. The molecule has 1 aliphatic heterocycles. The number of hydrogen-bond donors (Lipinski definition) is 0. The molecule has 9 nitrogen and oxygen atoms in total. The van der Waals surface area contributed by atoms with Crippen molar-refractivity contribution in [1.29, 1.82) is 0 Å². The van der Waals surface area contributed by atoms with Crippen LogP contribution < -0.4 is 0 Å². The van der Waals surface area contributed by atoms with Crippen LogP contribution in [0.2, 0.25) is 0 Å². The van der Waals surface area contributed by atoms with E-state index in [0.29, 0.717) is 13.0 Å². The molecule has 132 valence electrons. The molecule has 24 heavy (non-hydrogen) atoms. The highest BCUT2D eigenvalue weighted by molar-refractivity contribution is 5.81. The van der Waals surface area contributed by atoms with E-state index in [1.165, 1.54) is 10.9 Å². The number of aromatic nitrogens is 2. The average molecular weight is 338 g/mol. The molecule has 1 amide bonds. The van der Waals surface area contributed by atoms with Crippen LogP contribution >= 0.6 is 0 Å². The molecule has 0 spiro atoms. The lowest BCUT2D eigenvalue weighted by atomic mass is 9.90. The van der Waals surface area contributed by atoms with Crippen molar-refractivity contribution in [2.75, 3.05) is 13.1 Å². The summed E-state index contributed by atoms with van der Waals surface area (Å²) in [5, 5.41) is 14.4. The molecule has 1 aliphatic rings. The van der Waals surface area contributed by atoms with Crippen LogP contribution in [0.15, 0.2) is 12.4 Å². The summed E-state index contributed by atoms with van der Waals surface area (Å²) in [6.07, 6.45) is 2.83. The molecule has 1 aromatic heterocycles. The number of esters is 1. The van der Waals surface area contributed by atoms with E-state index < -0.39 is 15.9 Å². The van der Waals surface area contributed by atoms with E-state index in [4.69, 9.17) is 4.74 Å². The third-order valence-electron chi connectivity index (χ3n) is 3.85. The van der Waals surface area contributed by atoms with Gasteiger partial charge in [0.2, 0.25) is 5.91 Å². The summed E-state index contributed by atoms with van der Waals surface area (Å²) >= 11 is 0. The number of likely N-dealkylation sites (tertiary alicyclic amines) is 1. The van der Waals surface area contributed by atoms with Crippen molar-refractivity contribution in [2.24, 2.45) is 5.41 Å². The molecule has 1 atom stereocenters. The topological polar surface area (TPSA) is 108 Å². The number of carbonyl (C=O) groups is 2. The fourth-order valence-electron chi connectivity index (χ4n) is 2.51. The molecule has 0 N–H and O–H groups in total. The van der Waals surface area contributed by atoms with Crippen molar-refractivity contribution in [2.45, 2.75) is 46.3 Å². The van der Waals surface area contributed by atoms with Crippen molar-refractivity contribution in [3.63, 3.8) is 0 Å². The second-order valence-corrected chi connectivity index (χ2v) is 7.28. The first kappa shape index (κ1) is 17.9. The molecule has 0 aromatic carbocycles. The summed E-state index contributed by atoms with van der Waals surface area (Å²) < 4.78 is 6.66. The Morgan fingerprint density at radius 1 is 1.46 bits per heavy atom. The van der Waals surface area contributed by atoms with Gasteiger partial charge in [0.25, 0.3) is 0 Å². The maximum absolute atomic E-state index is 12.3. The summed E-state index contributed by atoms with van der Waals surface area (Å²) in [5.41, 5.74) is -1.48. The van der Waals surface area contributed by atoms with Gasteiger partial charge in [0.1, 0.15) is 24.5 Å². The van der Waals surface area contributed by atoms with E-state index >= 15 is 0 Å². The van der Waals surface area contributed by atoms with Crippen LogP contribution in [0.3, 0.4) is 0 Å². The van der Waals surface area contributed by atoms with Crippen LogP contribution in [0.25, 0.3) is 0 Å². The Morgan fingerprint density at radius 3 is 2.67 bits per heavy atom. The fourth-order valence-corrected chi connectivity index (χ4v) is 2.51. The third-order valence-corrected chi connectivity index (χ3v) is 3.85. The Morgan fingerprint density at radius 2 is 2.12 bits per heavy atom. The first-order valence-electron chi connectivity index (χ1n) is 7.68. The summed E-state index contributed by atoms with van der Waals surface area (Å²) in [5.74, 6) is -0.555. The lowest BCUT2D eigenvalue weighted by Crippen LogP contribution is -2.39. The molecule has 0 radical (unpaired) electrons. The van der Waals surface area contributed by atoms with Crippen LogP contribution in [0.4, 0.5) is 5.69 Å². The van der Waals surface area contributed by atoms with Gasteiger partial charge in [-0.25, -0.2) is 0 Å². The molecule has 9 heteroatoms. The van der Waals surface area contributed by atoms with E-state index in [9.17, 15) is 19.7 Å². The van der Waals surface area contributed by atoms with Crippen molar-refractivity contribution >= 4 is 17.6 Å². The fraction of sp³-hybridized carbons (Fsp3) is 0.667. The zero-order valence-electron chi connectivity index (χ0n) is 14.3. The number of carbonyl (C=O) groups excluding carboxylic acids is 2. The molecule has 0 aliphatic carbocycles. The highest BCUT2D eigenvalue weighted by Crippen LogP contribution is 2.33. The van der Waals surface area contributed by atoms with E-state index in [-0.39, 0.29) is 30.7 Å². The van der Waals surface area contributed by atoms with Gasteiger partial charge in [-0.3, -0.25) is 24.4 Å². The zero-order chi connectivity index (χ0) is 18.1. The molecule has 2 rings (SSSR count). The van der Waals surface area contributed by atoms with Gasteiger partial charge in [0.05, 0.1) is 10.3 Å². The van der Waals surface area contributed by atoms with Crippen LogP contribution in [-0.4, -0.2) is 50.2 Å². The second-order valence-electron chi connectivity index (χ2n) is 7.28. The van der Waals surface area contributed by atoms with Gasteiger partial charge < -0.3 is 9.64 Å². The SMILES string of the molecule is CC(C)(C)OC(=O)[C@@]1(C)CCN(C(=O)Cn2cc([N+](=O)[O-])cn2)C1. The van der Waals surface area contributed by atoms with Crippen molar-refractivity contribution in [3.05, 3.63) is 22.5 Å². The van der Waals surface area contributed by atoms with Gasteiger partial charge in [-0.15, -0.1) is 0 Å². The van der Waals surface area contributed by atoms with E-state index in [2.05, 4.69) is 5.10 Å². The standard InChI is InChI=1S/C15H22N4O5/c1-14(2,3)24-13(21)15(4)5-6-17(10-15)12(20)9-18-8-11(7-16-18)19(22)23/h7-8H,5-6,9-10H2,1-4H3/t15-/m0/s1. The lowest BCUT2D eigenvalue weighted by molar-refractivity contribution is -0.385. The molecule has 1 aromatic rings. The number of nitrogens with zero attached hydrogens (tertiary/aromatic N) is 4. The first-order valence-corrected chi connectivity index (χ1v) is 7.68. The number of amides is 1. The Balaban J connectivity index is 1.97. The van der Waals surface area contributed by atoms with Gasteiger partial charge in [-0.1, -0.05) is 0 Å². The number of ether oxygens (including phenoxy) is 1. The van der Waals surface area contributed by atoms with Gasteiger partial charge in [-0.2, -0.15) is 5.10 Å². The quantitative estimate of drug-likeness (QED) is 0.466. The molecule has 0 bridgehead atoms.